The van der Waals surface area contributed by atoms with E-state index in [0.29, 0.717) is 16.7 Å². The second-order valence-electron chi connectivity index (χ2n) is 5.81. The highest BCUT2D eigenvalue weighted by Crippen LogP contribution is 2.18. The van der Waals surface area contributed by atoms with Crippen molar-refractivity contribution in [1.82, 2.24) is 25.5 Å². The molecule has 1 atom stereocenters. The number of H-pyrrole nitrogens is 1. The second kappa shape index (κ2) is 10.1. The number of carbonyl (C=O) groups is 1. The zero-order valence-corrected chi connectivity index (χ0v) is 15.1. The first kappa shape index (κ1) is 18.4. The highest BCUT2D eigenvalue weighted by Gasteiger charge is 2.11. The Balaban J connectivity index is 1.71. The third-order valence-corrected chi connectivity index (χ3v) is 4.50. The summed E-state index contributed by atoms with van der Waals surface area (Å²) in [4.78, 5) is 20.4. The molecular formula is C17H25N5OS. The highest BCUT2D eigenvalue weighted by molar-refractivity contribution is 7.99. The average Bonchev–Trinajstić information content (AvgIpc) is 3.07. The quantitative estimate of drug-likeness (QED) is 0.508. The number of nitrogens with one attached hydrogen (secondary N) is 2. The minimum atomic E-state index is 0.0262. The van der Waals surface area contributed by atoms with Crippen molar-refractivity contribution >= 4 is 17.7 Å². The average molecular weight is 347 g/mol. The topological polar surface area (TPSA) is 83.6 Å². The largest absolute Gasteiger partial charge is 0.353 e. The number of amides is 1. The van der Waals surface area contributed by atoms with Crippen LogP contribution in [0.3, 0.4) is 0 Å². The summed E-state index contributed by atoms with van der Waals surface area (Å²) >= 11 is 1.34. The molecule has 7 heteroatoms. The first-order valence-corrected chi connectivity index (χ1v) is 9.42. The number of thioether (sulfide) groups is 1. The van der Waals surface area contributed by atoms with E-state index in [9.17, 15) is 4.79 Å². The number of carbonyl (C=O) groups excluding carboxylic acids is 1. The molecule has 6 nitrogen and oxygen atoms in total. The Labute approximate surface area is 147 Å². The molecule has 0 bridgehead atoms. The standard InChI is InChI=1S/C17H25N5OS/c1-3-4-5-6-7-13(2)19-15(23)12-24-17-20-16(21-22-17)14-8-10-18-11-9-14/h8-11,13H,3-7,12H2,1-2H3,(H,19,23)(H,20,21,22)/t13-/m0/s1. The van der Waals surface area contributed by atoms with Gasteiger partial charge in [0.05, 0.1) is 5.75 Å². The van der Waals surface area contributed by atoms with E-state index in [1.807, 2.05) is 12.1 Å². The van der Waals surface area contributed by atoms with Crippen molar-refractivity contribution < 1.29 is 4.79 Å². The van der Waals surface area contributed by atoms with E-state index in [4.69, 9.17) is 0 Å². The summed E-state index contributed by atoms with van der Waals surface area (Å²) < 4.78 is 0. The molecule has 2 N–H and O–H groups in total. The number of hydrogen-bond acceptors (Lipinski definition) is 5. The fourth-order valence-electron chi connectivity index (χ4n) is 2.35. The zero-order chi connectivity index (χ0) is 17.2. The van der Waals surface area contributed by atoms with Crippen LogP contribution in [0.2, 0.25) is 0 Å². The first-order valence-electron chi connectivity index (χ1n) is 8.44. The Bertz CT molecular complexity index is 616. The lowest BCUT2D eigenvalue weighted by Crippen LogP contribution is -2.33. The molecule has 130 valence electrons. The van der Waals surface area contributed by atoms with Crippen LogP contribution >= 0.6 is 11.8 Å². The van der Waals surface area contributed by atoms with Crippen LogP contribution in [0, 0.1) is 0 Å². The molecule has 24 heavy (non-hydrogen) atoms. The lowest BCUT2D eigenvalue weighted by molar-refractivity contribution is -0.119. The lowest BCUT2D eigenvalue weighted by Gasteiger charge is -2.13. The van der Waals surface area contributed by atoms with Gasteiger partial charge in [-0.3, -0.25) is 14.9 Å². The van der Waals surface area contributed by atoms with Gasteiger partial charge in [0, 0.05) is 24.0 Å². The van der Waals surface area contributed by atoms with Crippen LogP contribution < -0.4 is 5.32 Å². The summed E-state index contributed by atoms with van der Waals surface area (Å²) in [5.74, 6) is 1.04. The molecule has 0 aromatic carbocycles. The summed E-state index contributed by atoms with van der Waals surface area (Å²) in [6, 6.07) is 3.94. The molecule has 2 heterocycles. The molecule has 0 spiro atoms. The molecule has 0 fully saturated rings. The summed E-state index contributed by atoms with van der Waals surface area (Å²) in [5, 5.41) is 10.6. The fraction of sp³-hybridized carbons (Fsp3) is 0.529. The van der Waals surface area contributed by atoms with Crippen LogP contribution in [0.1, 0.15) is 46.0 Å². The minimum Gasteiger partial charge on any atom is -0.353 e. The van der Waals surface area contributed by atoms with Gasteiger partial charge in [0.15, 0.2) is 5.82 Å². The van der Waals surface area contributed by atoms with E-state index < -0.39 is 0 Å². The van der Waals surface area contributed by atoms with E-state index in [-0.39, 0.29) is 11.9 Å². The number of aromatic amines is 1. The molecule has 2 aromatic heterocycles. The molecule has 2 aromatic rings. The van der Waals surface area contributed by atoms with Crippen molar-refractivity contribution in [2.24, 2.45) is 0 Å². The number of aromatic nitrogens is 4. The SMILES string of the molecule is CCCCCC[C@H](C)NC(=O)CSc1n[nH]c(-c2ccncc2)n1. The van der Waals surface area contributed by atoms with Crippen molar-refractivity contribution in [3.05, 3.63) is 24.5 Å². The number of nitrogens with zero attached hydrogens (tertiary/aromatic N) is 3. The molecule has 0 aliphatic heterocycles. The molecule has 2 rings (SSSR count). The predicted molar refractivity (Wildman–Crippen MR) is 96.7 cm³/mol. The third kappa shape index (κ3) is 6.31. The molecule has 0 saturated carbocycles. The van der Waals surface area contributed by atoms with Gasteiger partial charge in [0.25, 0.3) is 0 Å². The number of rotatable bonds is 10. The maximum Gasteiger partial charge on any atom is 0.230 e. The number of unbranched alkanes of at least 4 members (excludes halogenated alkanes) is 3. The van der Waals surface area contributed by atoms with Crippen molar-refractivity contribution in [3.8, 4) is 11.4 Å². The van der Waals surface area contributed by atoms with Gasteiger partial charge < -0.3 is 5.32 Å². The van der Waals surface area contributed by atoms with Gasteiger partial charge in [0.2, 0.25) is 11.1 Å². The Hall–Kier alpha value is -1.89. The van der Waals surface area contributed by atoms with Crippen LogP contribution in [0.5, 0.6) is 0 Å². The summed E-state index contributed by atoms with van der Waals surface area (Å²) in [6.45, 7) is 4.26. The molecule has 0 radical (unpaired) electrons. The first-order chi connectivity index (χ1) is 11.7. The summed E-state index contributed by atoms with van der Waals surface area (Å²) in [5.41, 5.74) is 0.925. The molecular weight excluding hydrogens is 322 g/mol. The van der Waals surface area contributed by atoms with Gasteiger partial charge in [-0.15, -0.1) is 5.10 Å². The van der Waals surface area contributed by atoms with Gasteiger partial charge in [-0.25, -0.2) is 4.98 Å². The van der Waals surface area contributed by atoms with Gasteiger partial charge in [-0.05, 0) is 25.5 Å². The van der Waals surface area contributed by atoms with Gasteiger partial charge in [-0.1, -0.05) is 44.4 Å². The minimum absolute atomic E-state index is 0.0262. The third-order valence-electron chi connectivity index (χ3n) is 3.65. The van der Waals surface area contributed by atoms with Crippen molar-refractivity contribution in [2.75, 3.05) is 5.75 Å². The van der Waals surface area contributed by atoms with Crippen molar-refractivity contribution in [1.29, 1.82) is 0 Å². The molecule has 0 aliphatic rings. The Kier molecular flexibility index (Phi) is 7.74. The van der Waals surface area contributed by atoms with Crippen molar-refractivity contribution in [2.45, 2.75) is 57.1 Å². The maximum atomic E-state index is 12.0. The monoisotopic (exact) mass is 347 g/mol. The van der Waals surface area contributed by atoms with E-state index in [1.165, 1.54) is 37.4 Å². The highest BCUT2D eigenvalue weighted by atomic mass is 32.2. The summed E-state index contributed by atoms with van der Waals surface area (Å²) in [6.07, 6.45) is 9.35. The van der Waals surface area contributed by atoms with Gasteiger partial charge >= 0.3 is 0 Å². The zero-order valence-electron chi connectivity index (χ0n) is 14.3. The Morgan fingerprint density at radius 2 is 2.08 bits per heavy atom. The lowest BCUT2D eigenvalue weighted by atomic mass is 10.1. The van der Waals surface area contributed by atoms with E-state index >= 15 is 0 Å². The van der Waals surface area contributed by atoms with Gasteiger partial charge in [-0.2, -0.15) is 0 Å². The molecule has 0 unspecified atom stereocenters. The molecule has 0 aliphatic carbocycles. The second-order valence-corrected chi connectivity index (χ2v) is 6.75. The van der Waals surface area contributed by atoms with E-state index in [0.717, 1.165) is 12.0 Å². The van der Waals surface area contributed by atoms with Crippen LogP contribution in [0.4, 0.5) is 0 Å². The Morgan fingerprint density at radius 3 is 2.83 bits per heavy atom. The maximum absolute atomic E-state index is 12.0. The molecule has 0 saturated heterocycles. The summed E-state index contributed by atoms with van der Waals surface area (Å²) in [7, 11) is 0. The van der Waals surface area contributed by atoms with Crippen LogP contribution in [-0.4, -0.2) is 37.9 Å². The van der Waals surface area contributed by atoms with E-state index in [2.05, 4.69) is 39.3 Å². The fourth-order valence-corrected chi connectivity index (χ4v) is 2.96. The van der Waals surface area contributed by atoms with Crippen LogP contribution in [-0.2, 0) is 4.79 Å². The predicted octanol–water partition coefficient (Wildman–Crippen LogP) is 3.43. The smallest absolute Gasteiger partial charge is 0.230 e. The Morgan fingerprint density at radius 1 is 1.29 bits per heavy atom. The van der Waals surface area contributed by atoms with Crippen molar-refractivity contribution in [3.63, 3.8) is 0 Å². The van der Waals surface area contributed by atoms with Gasteiger partial charge in [0.1, 0.15) is 0 Å². The number of hydrogen-bond donors (Lipinski definition) is 2. The number of pyridine rings is 1. The van der Waals surface area contributed by atoms with Crippen LogP contribution in [0.15, 0.2) is 29.7 Å². The molecule has 1 amide bonds. The normalized spacial score (nSPS) is 12.1. The van der Waals surface area contributed by atoms with Crippen LogP contribution in [0.25, 0.3) is 11.4 Å². The van der Waals surface area contributed by atoms with E-state index in [1.54, 1.807) is 12.4 Å².